The van der Waals surface area contributed by atoms with Crippen molar-refractivity contribution in [3.05, 3.63) is 65.9 Å². The minimum atomic E-state index is 0.256. The number of imidazole rings is 1. The molecule has 0 saturated heterocycles. The summed E-state index contributed by atoms with van der Waals surface area (Å²) in [6.45, 7) is 4.90. The predicted octanol–water partition coefficient (Wildman–Crippen LogP) is 5.28. The summed E-state index contributed by atoms with van der Waals surface area (Å²) in [6.07, 6.45) is 4.68. The number of allylic oxidation sites excluding steroid dienone is 1. The van der Waals surface area contributed by atoms with E-state index in [1.54, 1.807) is 0 Å². The van der Waals surface area contributed by atoms with Crippen molar-refractivity contribution in [1.82, 2.24) is 9.55 Å². The van der Waals surface area contributed by atoms with Crippen LogP contribution in [0.2, 0.25) is 0 Å². The molecule has 0 saturated carbocycles. The fourth-order valence-electron chi connectivity index (χ4n) is 2.97. The van der Waals surface area contributed by atoms with Crippen LogP contribution in [0.5, 0.6) is 11.5 Å². The topological polar surface area (TPSA) is 36.3 Å². The number of benzene rings is 2. The summed E-state index contributed by atoms with van der Waals surface area (Å²) in [4.78, 5) is 4.69. The molecule has 0 amide bonds. The number of aromatic nitrogens is 2. The minimum Gasteiger partial charge on any atom is -0.454 e. The number of halogens is 1. The lowest BCUT2D eigenvalue weighted by Gasteiger charge is -2.12. The van der Waals surface area contributed by atoms with Crippen LogP contribution in [0.4, 0.5) is 0 Å². The van der Waals surface area contributed by atoms with Crippen molar-refractivity contribution >= 4 is 15.9 Å². The smallest absolute Gasteiger partial charge is 0.231 e. The van der Waals surface area contributed by atoms with Crippen LogP contribution in [0, 0.1) is 0 Å². The van der Waals surface area contributed by atoms with E-state index in [1.165, 1.54) is 0 Å². The second kappa shape index (κ2) is 6.76. The van der Waals surface area contributed by atoms with Gasteiger partial charge in [0.15, 0.2) is 11.5 Å². The third-order valence-electron chi connectivity index (χ3n) is 4.18. The van der Waals surface area contributed by atoms with Crippen LogP contribution in [-0.2, 0) is 6.54 Å². The van der Waals surface area contributed by atoms with Gasteiger partial charge in [-0.25, -0.2) is 4.98 Å². The molecule has 0 atom stereocenters. The Morgan fingerprint density at radius 1 is 1.16 bits per heavy atom. The van der Waals surface area contributed by atoms with E-state index in [0.29, 0.717) is 0 Å². The number of hydrogen-bond acceptors (Lipinski definition) is 3. The fourth-order valence-corrected chi connectivity index (χ4v) is 3.48. The van der Waals surface area contributed by atoms with E-state index >= 15 is 0 Å². The summed E-state index contributed by atoms with van der Waals surface area (Å²) >= 11 is 3.68. The standard InChI is InChI=1S/C20H17BrN2O2/c1-2-3-9-23-12-22-19(14-7-5-4-6-8-14)20(23)15-10-17-18(11-16(15)21)25-13-24-17/h2,4-8,10-12H,1,3,9,13H2. The van der Waals surface area contributed by atoms with Gasteiger partial charge in [0.1, 0.15) is 0 Å². The Morgan fingerprint density at radius 3 is 2.68 bits per heavy atom. The average Bonchev–Trinajstić information content (AvgIpc) is 3.26. The Hall–Kier alpha value is -2.53. The lowest BCUT2D eigenvalue weighted by Crippen LogP contribution is -1.99. The van der Waals surface area contributed by atoms with Crippen LogP contribution in [-0.4, -0.2) is 16.3 Å². The zero-order valence-electron chi connectivity index (χ0n) is 13.6. The van der Waals surface area contributed by atoms with Crippen LogP contribution >= 0.6 is 15.9 Å². The molecule has 0 spiro atoms. The van der Waals surface area contributed by atoms with Crippen molar-refractivity contribution < 1.29 is 9.47 Å². The molecular weight excluding hydrogens is 380 g/mol. The third kappa shape index (κ3) is 2.96. The molecule has 2 aromatic carbocycles. The summed E-state index contributed by atoms with van der Waals surface area (Å²) in [7, 11) is 0. The van der Waals surface area contributed by atoms with E-state index in [4.69, 9.17) is 9.47 Å². The summed E-state index contributed by atoms with van der Waals surface area (Å²) in [5, 5.41) is 0. The fraction of sp³-hybridized carbons (Fsp3) is 0.150. The van der Waals surface area contributed by atoms with Gasteiger partial charge in [-0.1, -0.05) is 36.4 Å². The van der Waals surface area contributed by atoms with Gasteiger partial charge < -0.3 is 14.0 Å². The number of rotatable bonds is 5. The number of aryl methyl sites for hydroxylation is 1. The zero-order valence-corrected chi connectivity index (χ0v) is 15.2. The van der Waals surface area contributed by atoms with Gasteiger partial charge in [-0.15, -0.1) is 6.58 Å². The minimum absolute atomic E-state index is 0.256. The van der Waals surface area contributed by atoms with Crippen molar-refractivity contribution in [1.29, 1.82) is 0 Å². The number of ether oxygens (including phenoxy) is 2. The molecule has 0 fully saturated rings. The average molecular weight is 397 g/mol. The predicted molar refractivity (Wildman–Crippen MR) is 102 cm³/mol. The lowest BCUT2D eigenvalue weighted by molar-refractivity contribution is 0.174. The van der Waals surface area contributed by atoms with Gasteiger partial charge in [-0.3, -0.25) is 0 Å². The van der Waals surface area contributed by atoms with E-state index in [-0.39, 0.29) is 6.79 Å². The molecule has 0 radical (unpaired) electrons. The molecule has 0 aliphatic carbocycles. The normalized spacial score (nSPS) is 12.4. The van der Waals surface area contributed by atoms with Gasteiger partial charge in [0.05, 0.1) is 17.7 Å². The second-order valence-corrected chi connectivity index (χ2v) is 6.62. The molecule has 3 aromatic rings. The van der Waals surface area contributed by atoms with Crippen LogP contribution < -0.4 is 9.47 Å². The van der Waals surface area contributed by atoms with Gasteiger partial charge in [-0.05, 0) is 34.5 Å². The molecule has 1 aromatic heterocycles. The molecule has 25 heavy (non-hydrogen) atoms. The summed E-state index contributed by atoms with van der Waals surface area (Å²) in [6, 6.07) is 14.2. The maximum Gasteiger partial charge on any atom is 0.231 e. The van der Waals surface area contributed by atoms with Gasteiger partial charge in [0.2, 0.25) is 6.79 Å². The SMILES string of the molecule is C=CCCn1cnc(-c2ccccc2)c1-c1cc2c(cc1Br)OCO2. The van der Waals surface area contributed by atoms with E-state index in [9.17, 15) is 0 Å². The van der Waals surface area contributed by atoms with E-state index in [1.807, 2.05) is 42.7 Å². The van der Waals surface area contributed by atoms with Gasteiger partial charge >= 0.3 is 0 Å². The van der Waals surface area contributed by atoms with Gasteiger partial charge in [0, 0.05) is 22.1 Å². The van der Waals surface area contributed by atoms with E-state index in [2.05, 4.69) is 44.2 Å². The first-order chi connectivity index (χ1) is 12.3. The van der Waals surface area contributed by atoms with Gasteiger partial charge in [0.25, 0.3) is 0 Å². The Labute approximate surface area is 154 Å². The summed E-state index contributed by atoms with van der Waals surface area (Å²) < 4.78 is 14.2. The molecule has 4 nitrogen and oxygen atoms in total. The van der Waals surface area contributed by atoms with E-state index < -0.39 is 0 Å². The van der Waals surface area contributed by atoms with Crippen molar-refractivity contribution in [3.8, 4) is 34.0 Å². The van der Waals surface area contributed by atoms with Crippen molar-refractivity contribution in [2.24, 2.45) is 0 Å². The van der Waals surface area contributed by atoms with Crippen LogP contribution in [0.15, 0.2) is 65.9 Å². The van der Waals surface area contributed by atoms with Crippen molar-refractivity contribution in [3.63, 3.8) is 0 Å². The Balaban J connectivity index is 1.90. The number of nitrogens with zero attached hydrogens (tertiary/aromatic N) is 2. The van der Waals surface area contributed by atoms with Crippen molar-refractivity contribution in [2.45, 2.75) is 13.0 Å². The molecule has 2 heterocycles. The third-order valence-corrected chi connectivity index (χ3v) is 4.83. The van der Waals surface area contributed by atoms with Crippen LogP contribution in [0.3, 0.4) is 0 Å². The molecule has 4 rings (SSSR count). The highest BCUT2D eigenvalue weighted by Crippen LogP contribution is 2.43. The first-order valence-electron chi connectivity index (χ1n) is 8.09. The first-order valence-corrected chi connectivity index (χ1v) is 8.88. The first kappa shape index (κ1) is 16.0. The molecule has 1 aliphatic heterocycles. The summed E-state index contributed by atoms with van der Waals surface area (Å²) in [5.74, 6) is 1.52. The van der Waals surface area contributed by atoms with Crippen LogP contribution in [0.1, 0.15) is 6.42 Å². The maximum atomic E-state index is 5.57. The molecule has 0 N–H and O–H groups in total. The quantitative estimate of drug-likeness (QED) is 0.550. The highest BCUT2D eigenvalue weighted by Gasteiger charge is 2.22. The maximum absolute atomic E-state index is 5.57. The Morgan fingerprint density at radius 2 is 1.92 bits per heavy atom. The van der Waals surface area contributed by atoms with Crippen molar-refractivity contribution in [2.75, 3.05) is 6.79 Å². The number of hydrogen-bond donors (Lipinski definition) is 0. The number of fused-ring (bicyclic) bond motifs is 1. The Bertz CT molecular complexity index is 919. The molecular formula is C20H17BrN2O2. The largest absolute Gasteiger partial charge is 0.454 e. The second-order valence-electron chi connectivity index (χ2n) is 5.76. The molecule has 5 heteroatoms. The highest BCUT2D eigenvalue weighted by molar-refractivity contribution is 9.10. The monoisotopic (exact) mass is 396 g/mol. The molecule has 126 valence electrons. The summed E-state index contributed by atoms with van der Waals surface area (Å²) in [5.41, 5.74) is 4.12. The van der Waals surface area contributed by atoms with Gasteiger partial charge in [-0.2, -0.15) is 0 Å². The molecule has 0 bridgehead atoms. The van der Waals surface area contributed by atoms with E-state index in [0.717, 1.165) is 51.5 Å². The highest BCUT2D eigenvalue weighted by atomic mass is 79.9. The molecule has 1 aliphatic rings. The molecule has 0 unspecified atom stereocenters. The zero-order chi connectivity index (χ0) is 17.2. The Kier molecular flexibility index (Phi) is 4.32. The van der Waals surface area contributed by atoms with Crippen LogP contribution in [0.25, 0.3) is 22.5 Å². The lowest BCUT2D eigenvalue weighted by atomic mass is 10.0.